The molecule has 0 saturated carbocycles. The smallest absolute Gasteiger partial charge is 0.252 e. The third kappa shape index (κ3) is 3.13. The van der Waals surface area contributed by atoms with Crippen molar-refractivity contribution in [2.75, 3.05) is 25.4 Å². The van der Waals surface area contributed by atoms with Gasteiger partial charge >= 0.3 is 0 Å². The standard InChI is InChI=1S/C14H20N6O/c1-19-9-16-7-11(19)3-5-20-4-2-10(8-20)12-6-13(21)18-14(15)17-12/h6-7,9-10H,2-5,8H2,1H3,(H3,15,17,18,21). The topological polar surface area (TPSA) is 92.8 Å². The zero-order valence-corrected chi connectivity index (χ0v) is 12.1. The minimum absolute atomic E-state index is 0.175. The molecule has 1 fully saturated rings. The summed E-state index contributed by atoms with van der Waals surface area (Å²) >= 11 is 0. The largest absolute Gasteiger partial charge is 0.369 e. The van der Waals surface area contributed by atoms with E-state index < -0.39 is 0 Å². The molecule has 3 heterocycles. The molecule has 1 aliphatic heterocycles. The Labute approximate surface area is 122 Å². The van der Waals surface area contributed by atoms with E-state index in [0.29, 0.717) is 5.92 Å². The first-order chi connectivity index (χ1) is 10.1. The third-order valence-electron chi connectivity index (χ3n) is 4.07. The SMILES string of the molecule is Cn1cncc1CCN1CCC(c2cc(=O)[nH]c(N)n2)C1. The summed E-state index contributed by atoms with van der Waals surface area (Å²) < 4.78 is 2.05. The lowest BCUT2D eigenvalue weighted by Crippen LogP contribution is -2.24. The number of nitrogens with two attached hydrogens (primary N) is 1. The van der Waals surface area contributed by atoms with Gasteiger partial charge in [0.25, 0.3) is 5.56 Å². The lowest BCUT2D eigenvalue weighted by atomic mass is 10.1. The van der Waals surface area contributed by atoms with Gasteiger partial charge in [0.2, 0.25) is 5.95 Å². The van der Waals surface area contributed by atoms with Gasteiger partial charge < -0.3 is 15.2 Å². The number of nitrogens with one attached hydrogen (secondary N) is 1. The van der Waals surface area contributed by atoms with Crippen LogP contribution in [0.3, 0.4) is 0 Å². The van der Waals surface area contributed by atoms with E-state index in [4.69, 9.17) is 5.73 Å². The fourth-order valence-corrected chi connectivity index (χ4v) is 2.88. The van der Waals surface area contributed by atoms with Crippen LogP contribution in [0.15, 0.2) is 23.4 Å². The number of H-pyrrole nitrogens is 1. The van der Waals surface area contributed by atoms with Gasteiger partial charge in [-0.05, 0) is 13.0 Å². The highest BCUT2D eigenvalue weighted by molar-refractivity contribution is 5.21. The van der Waals surface area contributed by atoms with Crippen LogP contribution in [0.4, 0.5) is 5.95 Å². The molecule has 3 rings (SSSR count). The van der Waals surface area contributed by atoms with Gasteiger partial charge in [-0.15, -0.1) is 0 Å². The molecule has 21 heavy (non-hydrogen) atoms. The van der Waals surface area contributed by atoms with Gasteiger partial charge in [-0.3, -0.25) is 9.78 Å². The highest BCUT2D eigenvalue weighted by Gasteiger charge is 2.25. The van der Waals surface area contributed by atoms with Crippen LogP contribution in [0.2, 0.25) is 0 Å². The van der Waals surface area contributed by atoms with Gasteiger partial charge in [-0.2, -0.15) is 0 Å². The quantitative estimate of drug-likeness (QED) is 0.833. The number of imidazole rings is 1. The van der Waals surface area contributed by atoms with Gasteiger partial charge in [0.15, 0.2) is 0 Å². The molecule has 2 aromatic heterocycles. The van der Waals surface area contributed by atoms with Crippen LogP contribution in [0, 0.1) is 0 Å². The minimum atomic E-state index is -0.175. The van der Waals surface area contributed by atoms with E-state index in [9.17, 15) is 4.79 Å². The number of aromatic nitrogens is 4. The van der Waals surface area contributed by atoms with Gasteiger partial charge in [0.1, 0.15) is 0 Å². The maximum atomic E-state index is 11.5. The van der Waals surface area contributed by atoms with Gasteiger partial charge in [-0.25, -0.2) is 9.97 Å². The van der Waals surface area contributed by atoms with E-state index in [1.54, 1.807) is 6.07 Å². The van der Waals surface area contributed by atoms with E-state index in [0.717, 1.165) is 38.2 Å². The van der Waals surface area contributed by atoms with Gasteiger partial charge in [0.05, 0.1) is 12.0 Å². The van der Waals surface area contributed by atoms with Crippen molar-refractivity contribution in [3.05, 3.63) is 40.3 Å². The summed E-state index contributed by atoms with van der Waals surface area (Å²) in [5.74, 6) is 0.493. The summed E-state index contributed by atoms with van der Waals surface area (Å²) in [4.78, 5) is 24.7. The van der Waals surface area contributed by atoms with E-state index in [-0.39, 0.29) is 11.5 Å². The molecule has 3 N–H and O–H groups in total. The molecule has 7 heteroatoms. The number of nitrogens with zero attached hydrogens (tertiary/aromatic N) is 4. The summed E-state index contributed by atoms with van der Waals surface area (Å²) in [6.45, 7) is 2.94. The molecule has 1 unspecified atom stereocenters. The van der Waals surface area contributed by atoms with Crippen molar-refractivity contribution in [3.63, 3.8) is 0 Å². The summed E-state index contributed by atoms with van der Waals surface area (Å²) in [6.07, 6.45) is 5.73. The number of aryl methyl sites for hydroxylation is 1. The molecule has 0 bridgehead atoms. The molecule has 7 nitrogen and oxygen atoms in total. The highest BCUT2D eigenvalue weighted by Crippen LogP contribution is 2.25. The number of nitrogen functional groups attached to an aromatic ring is 1. The van der Waals surface area contributed by atoms with Crippen LogP contribution >= 0.6 is 0 Å². The Hall–Kier alpha value is -2.15. The summed E-state index contributed by atoms with van der Waals surface area (Å²) in [5, 5.41) is 0. The second kappa shape index (κ2) is 5.69. The molecular formula is C14H20N6O. The van der Waals surface area contributed by atoms with Crippen LogP contribution in [0.25, 0.3) is 0 Å². The molecule has 0 spiro atoms. The van der Waals surface area contributed by atoms with Crippen molar-refractivity contribution in [1.82, 2.24) is 24.4 Å². The molecule has 112 valence electrons. The van der Waals surface area contributed by atoms with Crippen molar-refractivity contribution in [2.45, 2.75) is 18.8 Å². The Morgan fingerprint density at radius 3 is 3.10 bits per heavy atom. The molecule has 0 aromatic carbocycles. The number of rotatable bonds is 4. The fraction of sp³-hybridized carbons (Fsp3) is 0.500. The highest BCUT2D eigenvalue weighted by atomic mass is 16.1. The zero-order chi connectivity index (χ0) is 14.8. The van der Waals surface area contributed by atoms with Crippen LogP contribution in [0.1, 0.15) is 23.7 Å². The third-order valence-corrected chi connectivity index (χ3v) is 4.07. The van der Waals surface area contributed by atoms with E-state index in [1.165, 1.54) is 5.69 Å². The van der Waals surface area contributed by atoms with Crippen molar-refractivity contribution in [2.24, 2.45) is 7.05 Å². The maximum Gasteiger partial charge on any atom is 0.252 e. The Kier molecular flexibility index (Phi) is 3.74. The molecule has 1 aliphatic rings. The average molecular weight is 288 g/mol. The van der Waals surface area contributed by atoms with Crippen molar-refractivity contribution in [1.29, 1.82) is 0 Å². The monoisotopic (exact) mass is 288 g/mol. The van der Waals surface area contributed by atoms with Crippen LogP contribution in [-0.2, 0) is 13.5 Å². The Balaban J connectivity index is 1.60. The van der Waals surface area contributed by atoms with E-state index in [1.807, 2.05) is 24.1 Å². The lowest BCUT2D eigenvalue weighted by molar-refractivity contribution is 0.336. The number of anilines is 1. The van der Waals surface area contributed by atoms with Crippen molar-refractivity contribution < 1.29 is 0 Å². The Morgan fingerprint density at radius 1 is 1.52 bits per heavy atom. The van der Waals surface area contributed by atoms with Crippen molar-refractivity contribution >= 4 is 5.95 Å². The van der Waals surface area contributed by atoms with Gasteiger partial charge in [-0.1, -0.05) is 0 Å². The Bertz CT molecular complexity index is 676. The van der Waals surface area contributed by atoms with E-state index >= 15 is 0 Å². The second-order valence-electron chi connectivity index (χ2n) is 5.59. The first-order valence-electron chi connectivity index (χ1n) is 7.16. The molecule has 2 aromatic rings. The fourth-order valence-electron chi connectivity index (χ4n) is 2.88. The van der Waals surface area contributed by atoms with Crippen molar-refractivity contribution in [3.8, 4) is 0 Å². The molecular weight excluding hydrogens is 268 g/mol. The first-order valence-corrected chi connectivity index (χ1v) is 7.16. The Morgan fingerprint density at radius 2 is 2.38 bits per heavy atom. The number of likely N-dealkylation sites (tertiary alicyclic amines) is 1. The zero-order valence-electron chi connectivity index (χ0n) is 12.1. The molecule has 1 atom stereocenters. The summed E-state index contributed by atoms with van der Waals surface area (Å²) in [7, 11) is 2.01. The van der Waals surface area contributed by atoms with Crippen LogP contribution in [0.5, 0.6) is 0 Å². The summed E-state index contributed by atoms with van der Waals surface area (Å²) in [6, 6.07) is 1.56. The summed E-state index contributed by atoms with van der Waals surface area (Å²) in [5.41, 5.74) is 7.47. The normalized spacial score (nSPS) is 19.2. The maximum absolute atomic E-state index is 11.5. The molecule has 0 amide bonds. The predicted octanol–water partition coefficient (Wildman–Crippen LogP) is 0.118. The molecule has 0 aliphatic carbocycles. The minimum Gasteiger partial charge on any atom is -0.369 e. The molecule has 1 saturated heterocycles. The van der Waals surface area contributed by atoms with Gasteiger partial charge in [0, 0.05) is 50.4 Å². The second-order valence-corrected chi connectivity index (χ2v) is 5.59. The van der Waals surface area contributed by atoms with Crippen LogP contribution in [-0.4, -0.2) is 44.1 Å². The molecule has 0 radical (unpaired) electrons. The predicted molar refractivity (Wildman–Crippen MR) is 80.0 cm³/mol. The first kappa shape index (κ1) is 13.8. The number of hydrogen-bond donors (Lipinski definition) is 2. The lowest BCUT2D eigenvalue weighted by Gasteiger charge is -2.15. The van der Waals surface area contributed by atoms with E-state index in [2.05, 4.69) is 19.9 Å². The number of aromatic amines is 1. The van der Waals surface area contributed by atoms with Crippen LogP contribution < -0.4 is 11.3 Å². The number of hydrogen-bond acceptors (Lipinski definition) is 5. The average Bonchev–Trinajstić information content (AvgIpc) is 3.04.